The number of rotatable bonds is 2. The van der Waals surface area contributed by atoms with Crippen LogP contribution in [0.2, 0.25) is 0 Å². The molecule has 0 aromatic heterocycles. The highest BCUT2D eigenvalue weighted by Crippen LogP contribution is 2.43. The molecule has 3 saturated heterocycles. The van der Waals surface area contributed by atoms with E-state index in [2.05, 4.69) is 21.6 Å². The second-order valence-electron chi connectivity index (χ2n) is 8.79. The molecule has 148 valence electrons. The largest absolute Gasteiger partial charge is 0.371 e. The Labute approximate surface area is 168 Å². The third kappa shape index (κ3) is 2.37. The topological polar surface area (TPSA) is 81.8 Å². The van der Waals surface area contributed by atoms with E-state index in [1.807, 2.05) is 24.3 Å². The molecular weight excluding hydrogens is 368 g/mol. The van der Waals surface area contributed by atoms with Crippen molar-refractivity contribution in [3.8, 4) is 0 Å². The third-order valence-electron chi connectivity index (χ3n) is 6.97. The van der Waals surface area contributed by atoms with Gasteiger partial charge in [-0.15, -0.1) is 0 Å². The molecule has 0 radical (unpaired) electrons. The Hall–Kier alpha value is -2.93. The van der Waals surface area contributed by atoms with E-state index in [0.29, 0.717) is 17.4 Å². The molecule has 3 amide bonds. The van der Waals surface area contributed by atoms with Gasteiger partial charge in [0.2, 0.25) is 11.8 Å². The maximum Gasteiger partial charge on any atom is 0.259 e. The van der Waals surface area contributed by atoms with Crippen molar-refractivity contribution in [1.82, 2.24) is 10.6 Å². The van der Waals surface area contributed by atoms with Crippen LogP contribution in [0.4, 0.5) is 11.4 Å². The van der Waals surface area contributed by atoms with E-state index in [1.165, 1.54) is 6.42 Å². The average molecular weight is 390 g/mol. The van der Waals surface area contributed by atoms with Crippen LogP contribution in [0.3, 0.4) is 0 Å². The van der Waals surface area contributed by atoms with Crippen molar-refractivity contribution in [3.63, 3.8) is 0 Å². The zero-order valence-electron chi connectivity index (χ0n) is 16.0. The first-order valence-electron chi connectivity index (χ1n) is 10.2. The average Bonchev–Trinajstić information content (AvgIpc) is 3.25. The first-order valence-corrected chi connectivity index (χ1v) is 10.2. The van der Waals surface area contributed by atoms with E-state index in [9.17, 15) is 14.4 Å². The fourth-order valence-electron chi connectivity index (χ4n) is 5.34. The van der Waals surface area contributed by atoms with Crippen molar-refractivity contribution in [2.24, 2.45) is 5.41 Å². The molecule has 2 N–H and O–H groups in total. The van der Waals surface area contributed by atoms with Crippen LogP contribution < -0.4 is 20.4 Å². The van der Waals surface area contributed by atoms with Gasteiger partial charge in [0.25, 0.3) is 5.91 Å². The minimum Gasteiger partial charge on any atom is -0.371 e. The number of anilines is 2. The van der Waals surface area contributed by atoms with E-state index >= 15 is 0 Å². The van der Waals surface area contributed by atoms with Gasteiger partial charge in [0.1, 0.15) is 6.04 Å². The lowest BCUT2D eigenvalue weighted by atomic mass is 9.81. The quantitative estimate of drug-likeness (QED) is 0.758. The minimum absolute atomic E-state index is 0.147. The first-order chi connectivity index (χ1) is 14.0. The molecule has 4 heterocycles. The van der Waals surface area contributed by atoms with Crippen molar-refractivity contribution in [3.05, 3.63) is 35.9 Å². The van der Waals surface area contributed by atoms with E-state index < -0.39 is 11.9 Å². The number of benzene rings is 2. The molecular formula is C22H22N4O3. The number of hydrogen-bond donors (Lipinski definition) is 2. The summed E-state index contributed by atoms with van der Waals surface area (Å²) in [4.78, 5) is 41.4. The van der Waals surface area contributed by atoms with Crippen LogP contribution in [0.25, 0.3) is 10.8 Å². The number of nitrogens with one attached hydrogen (secondary N) is 2. The van der Waals surface area contributed by atoms with Gasteiger partial charge in [-0.2, -0.15) is 0 Å². The van der Waals surface area contributed by atoms with Gasteiger partial charge in [0.05, 0.1) is 11.3 Å². The summed E-state index contributed by atoms with van der Waals surface area (Å²) in [7, 11) is 0. The molecule has 7 nitrogen and oxygen atoms in total. The summed E-state index contributed by atoms with van der Waals surface area (Å²) < 4.78 is 0. The maximum absolute atomic E-state index is 13.4. The molecule has 0 saturated carbocycles. The fourth-order valence-corrected chi connectivity index (χ4v) is 5.34. The van der Waals surface area contributed by atoms with Crippen molar-refractivity contribution < 1.29 is 14.4 Å². The van der Waals surface area contributed by atoms with Gasteiger partial charge in [-0.25, -0.2) is 0 Å². The minimum atomic E-state index is -0.641. The van der Waals surface area contributed by atoms with Crippen LogP contribution in [-0.4, -0.2) is 49.9 Å². The Morgan fingerprint density at radius 1 is 1.10 bits per heavy atom. The van der Waals surface area contributed by atoms with E-state index in [4.69, 9.17) is 0 Å². The highest BCUT2D eigenvalue weighted by atomic mass is 16.2. The second kappa shape index (κ2) is 5.79. The Morgan fingerprint density at radius 2 is 1.97 bits per heavy atom. The van der Waals surface area contributed by atoms with E-state index in [0.717, 1.165) is 48.3 Å². The number of carbonyl (C=O) groups excluding carboxylic acids is 3. The molecule has 4 aliphatic rings. The van der Waals surface area contributed by atoms with Gasteiger partial charge >= 0.3 is 0 Å². The standard InChI is InChI=1S/C22H22N4O3/c27-18-5-4-17(20(28)24-18)26-16-3-1-2-13-8-14(9-15(19(13)16)21(26)29)25-7-6-22(12-25)10-23-11-22/h1-3,8-9,17,23H,4-7,10-12H2,(H,24,27,28). The predicted molar refractivity (Wildman–Crippen MR) is 109 cm³/mol. The fraction of sp³-hybridized carbons (Fsp3) is 0.409. The molecule has 4 aliphatic heterocycles. The number of nitrogens with zero attached hydrogens (tertiary/aromatic N) is 2. The maximum atomic E-state index is 13.4. The molecule has 1 spiro atoms. The Kier molecular flexibility index (Phi) is 3.39. The molecule has 0 bridgehead atoms. The molecule has 3 fully saturated rings. The second-order valence-corrected chi connectivity index (χ2v) is 8.79. The van der Waals surface area contributed by atoms with Gasteiger partial charge in [0, 0.05) is 49.1 Å². The van der Waals surface area contributed by atoms with Crippen molar-refractivity contribution in [2.75, 3.05) is 36.0 Å². The molecule has 2 aromatic carbocycles. The highest BCUT2D eigenvalue weighted by molar-refractivity contribution is 6.27. The third-order valence-corrected chi connectivity index (χ3v) is 6.97. The smallest absolute Gasteiger partial charge is 0.259 e. The molecule has 2 aromatic rings. The molecule has 7 heteroatoms. The molecule has 1 unspecified atom stereocenters. The lowest BCUT2D eigenvalue weighted by Crippen LogP contribution is -2.54. The summed E-state index contributed by atoms with van der Waals surface area (Å²) in [6.45, 7) is 4.14. The summed E-state index contributed by atoms with van der Waals surface area (Å²) in [6.07, 6.45) is 1.78. The number of piperidine rings is 1. The molecule has 6 rings (SSSR count). The zero-order valence-corrected chi connectivity index (χ0v) is 16.0. The monoisotopic (exact) mass is 390 g/mol. The van der Waals surface area contributed by atoms with Crippen molar-refractivity contribution in [2.45, 2.75) is 25.3 Å². The Bertz CT molecular complexity index is 1090. The Balaban J connectivity index is 1.40. The summed E-state index contributed by atoms with van der Waals surface area (Å²) in [6, 6.07) is 9.37. The van der Waals surface area contributed by atoms with Gasteiger partial charge < -0.3 is 10.2 Å². The normalized spacial score (nSPS) is 25.1. The van der Waals surface area contributed by atoms with E-state index in [-0.39, 0.29) is 18.2 Å². The predicted octanol–water partition coefficient (Wildman–Crippen LogP) is 1.40. The summed E-state index contributed by atoms with van der Waals surface area (Å²) in [5, 5.41) is 7.69. The first kappa shape index (κ1) is 17.0. The van der Waals surface area contributed by atoms with Gasteiger partial charge in [-0.3, -0.25) is 24.6 Å². The van der Waals surface area contributed by atoms with Gasteiger partial charge in [-0.1, -0.05) is 12.1 Å². The molecule has 0 aliphatic carbocycles. The van der Waals surface area contributed by atoms with E-state index in [1.54, 1.807) is 4.90 Å². The summed E-state index contributed by atoms with van der Waals surface area (Å²) in [5.41, 5.74) is 2.88. The lowest BCUT2D eigenvalue weighted by molar-refractivity contribution is -0.134. The van der Waals surface area contributed by atoms with Gasteiger partial charge in [0.15, 0.2) is 0 Å². The zero-order chi connectivity index (χ0) is 19.8. The SMILES string of the molecule is O=C1CCC(N2C(=O)c3cc(N4CCC5(CNC5)C4)cc4cccc2c34)C(=O)N1. The number of carbonyl (C=O) groups is 3. The number of amides is 3. The number of hydrogen-bond acceptors (Lipinski definition) is 5. The van der Waals surface area contributed by atoms with Crippen LogP contribution in [-0.2, 0) is 9.59 Å². The van der Waals surface area contributed by atoms with Crippen LogP contribution >= 0.6 is 0 Å². The lowest BCUT2D eigenvalue weighted by Gasteiger charge is -2.39. The van der Waals surface area contributed by atoms with Crippen molar-refractivity contribution >= 4 is 39.9 Å². The molecule has 29 heavy (non-hydrogen) atoms. The summed E-state index contributed by atoms with van der Waals surface area (Å²) in [5.74, 6) is -0.810. The summed E-state index contributed by atoms with van der Waals surface area (Å²) >= 11 is 0. The number of imide groups is 1. The van der Waals surface area contributed by atoms with Crippen LogP contribution in [0.15, 0.2) is 30.3 Å². The highest BCUT2D eigenvalue weighted by Gasteiger charge is 2.44. The van der Waals surface area contributed by atoms with Crippen LogP contribution in [0, 0.1) is 5.41 Å². The van der Waals surface area contributed by atoms with Crippen molar-refractivity contribution in [1.29, 1.82) is 0 Å². The molecule has 1 atom stereocenters. The van der Waals surface area contributed by atoms with Crippen LogP contribution in [0.5, 0.6) is 0 Å². The van der Waals surface area contributed by atoms with Crippen LogP contribution in [0.1, 0.15) is 29.6 Å². The Morgan fingerprint density at radius 3 is 2.69 bits per heavy atom. The van der Waals surface area contributed by atoms with Gasteiger partial charge in [-0.05, 0) is 36.4 Å².